The number of ether oxygens (including phenoxy) is 3. The minimum absolute atomic E-state index is 0.360. The van der Waals surface area contributed by atoms with Crippen LogP contribution in [0.15, 0.2) is 24.3 Å². The molecule has 1 aromatic carbocycles. The van der Waals surface area contributed by atoms with Crippen LogP contribution >= 0.6 is 0 Å². The van der Waals surface area contributed by atoms with Gasteiger partial charge in [-0.25, -0.2) is 0 Å². The third-order valence-corrected chi connectivity index (χ3v) is 2.10. The predicted octanol–water partition coefficient (Wildman–Crippen LogP) is 1.04. The van der Waals surface area contributed by atoms with Gasteiger partial charge in [0.2, 0.25) is 0 Å². The van der Waals surface area contributed by atoms with Gasteiger partial charge in [-0.05, 0) is 18.2 Å². The molecule has 4 heteroatoms. The number of methoxy groups -OCH3 is 1. The van der Waals surface area contributed by atoms with E-state index in [4.69, 9.17) is 19.9 Å². The Morgan fingerprint density at radius 2 is 2.00 bits per heavy atom. The van der Waals surface area contributed by atoms with E-state index in [0.29, 0.717) is 33.0 Å². The Labute approximate surface area is 108 Å². The zero-order valence-corrected chi connectivity index (χ0v) is 10.6. The maximum atomic E-state index is 5.54. The Hall–Kier alpha value is -1.54. The SMILES string of the molecule is COCCOCCOc1cccc(C#CCN)c1. The van der Waals surface area contributed by atoms with Gasteiger partial charge >= 0.3 is 0 Å². The summed E-state index contributed by atoms with van der Waals surface area (Å²) < 4.78 is 15.7. The molecule has 0 aromatic heterocycles. The zero-order chi connectivity index (χ0) is 13.1. The number of rotatable bonds is 7. The molecule has 0 spiro atoms. The van der Waals surface area contributed by atoms with Gasteiger partial charge < -0.3 is 19.9 Å². The van der Waals surface area contributed by atoms with Crippen LogP contribution in [0, 0.1) is 11.8 Å². The first kappa shape index (κ1) is 14.5. The van der Waals surface area contributed by atoms with E-state index in [1.807, 2.05) is 24.3 Å². The van der Waals surface area contributed by atoms with Gasteiger partial charge in [0.15, 0.2) is 0 Å². The second-order valence-corrected chi connectivity index (χ2v) is 3.49. The van der Waals surface area contributed by atoms with Crippen molar-refractivity contribution in [2.24, 2.45) is 5.73 Å². The molecular formula is C14H19NO3. The average Bonchev–Trinajstić information content (AvgIpc) is 2.41. The van der Waals surface area contributed by atoms with Gasteiger partial charge in [0.25, 0.3) is 0 Å². The van der Waals surface area contributed by atoms with Crippen LogP contribution in [0.3, 0.4) is 0 Å². The van der Waals surface area contributed by atoms with Crippen molar-refractivity contribution < 1.29 is 14.2 Å². The molecule has 0 amide bonds. The molecular weight excluding hydrogens is 230 g/mol. The highest BCUT2D eigenvalue weighted by Gasteiger charge is 1.95. The summed E-state index contributed by atoms with van der Waals surface area (Å²) in [5.41, 5.74) is 6.22. The first-order valence-electron chi connectivity index (χ1n) is 5.85. The topological polar surface area (TPSA) is 53.7 Å². The van der Waals surface area contributed by atoms with Gasteiger partial charge in [-0.15, -0.1) is 0 Å². The standard InChI is InChI=1S/C14H19NO3/c1-16-8-9-17-10-11-18-14-6-2-4-13(12-14)5-3-7-15/h2,4,6,12H,7-11,15H2,1H3. The first-order chi connectivity index (χ1) is 8.86. The number of benzene rings is 1. The molecule has 0 aliphatic heterocycles. The molecule has 0 saturated carbocycles. The van der Waals surface area contributed by atoms with Crippen LogP contribution in [0.5, 0.6) is 5.75 Å². The molecule has 0 radical (unpaired) electrons. The number of hydrogen-bond donors (Lipinski definition) is 1. The number of nitrogens with two attached hydrogens (primary N) is 1. The summed E-state index contributed by atoms with van der Waals surface area (Å²) in [6.07, 6.45) is 0. The molecule has 2 N–H and O–H groups in total. The van der Waals surface area contributed by atoms with E-state index >= 15 is 0 Å². The minimum atomic E-state index is 0.360. The van der Waals surface area contributed by atoms with Crippen LogP contribution in [0.2, 0.25) is 0 Å². The highest BCUT2D eigenvalue weighted by molar-refractivity contribution is 5.39. The molecule has 1 rings (SSSR count). The molecule has 0 aliphatic rings. The fourth-order valence-corrected chi connectivity index (χ4v) is 1.28. The third-order valence-electron chi connectivity index (χ3n) is 2.10. The maximum Gasteiger partial charge on any atom is 0.120 e. The summed E-state index contributed by atoms with van der Waals surface area (Å²) in [5, 5.41) is 0. The van der Waals surface area contributed by atoms with E-state index in [-0.39, 0.29) is 0 Å². The minimum Gasteiger partial charge on any atom is -0.491 e. The van der Waals surface area contributed by atoms with Crippen molar-refractivity contribution in [1.82, 2.24) is 0 Å². The lowest BCUT2D eigenvalue weighted by Crippen LogP contribution is -2.10. The van der Waals surface area contributed by atoms with Gasteiger partial charge in [-0.1, -0.05) is 17.9 Å². The van der Waals surface area contributed by atoms with Crippen molar-refractivity contribution in [2.75, 3.05) is 40.1 Å². The highest BCUT2D eigenvalue weighted by atomic mass is 16.5. The Kier molecular flexibility index (Phi) is 7.65. The van der Waals surface area contributed by atoms with Gasteiger partial charge in [0, 0.05) is 12.7 Å². The molecule has 4 nitrogen and oxygen atoms in total. The van der Waals surface area contributed by atoms with Gasteiger partial charge in [-0.2, -0.15) is 0 Å². The Balaban J connectivity index is 2.29. The Morgan fingerprint density at radius 1 is 1.17 bits per heavy atom. The van der Waals surface area contributed by atoms with Crippen LogP contribution in [0.1, 0.15) is 5.56 Å². The van der Waals surface area contributed by atoms with Crippen molar-refractivity contribution in [3.63, 3.8) is 0 Å². The van der Waals surface area contributed by atoms with E-state index in [9.17, 15) is 0 Å². The summed E-state index contributed by atoms with van der Waals surface area (Å²) in [5.74, 6) is 6.55. The molecule has 0 fully saturated rings. The average molecular weight is 249 g/mol. The maximum absolute atomic E-state index is 5.54. The highest BCUT2D eigenvalue weighted by Crippen LogP contribution is 2.12. The summed E-state index contributed by atoms with van der Waals surface area (Å²) in [6, 6.07) is 7.60. The fraction of sp³-hybridized carbons (Fsp3) is 0.429. The fourth-order valence-electron chi connectivity index (χ4n) is 1.28. The van der Waals surface area contributed by atoms with Crippen LogP contribution < -0.4 is 10.5 Å². The van der Waals surface area contributed by atoms with E-state index < -0.39 is 0 Å². The van der Waals surface area contributed by atoms with E-state index in [1.54, 1.807) is 7.11 Å². The second kappa shape index (κ2) is 9.49. The molecule has 0 heterocycles. The molecule has 0 bridgehead atoms. The summed E-state index contributed by atoms with van der Waals surface area (Å²) >= 11 is 0. The molecule has 0 saturated heterocycles. The molecule has 0 unspecified atom stereocenters. The van der Waals surface area contributed by atoms with Gasteiger partial charge in [0.1, 0.15) is 12.4 Å². The van der Waals surface area contributed by atoms with Crippen LogP contribution in [0.25, 0.3) is 0 Å². The Bertz CT molecular complexity index is 396. The monoisotopic (exact) mass is 249 g/mol. The molecule has 18 heavy (non-hydrogen) atoms. The lowest BCUT2D eigenvalue weighted by molar-refractivity contribution is 0.0544. The quantitative estimate of drug-likeness (QED) is 0.579. The van der Waals surface area contributed by atoms with E-state index in [2.05, 4.69) is 11.8 Å². The van der Waals surface area contributed by atoms with Crippen LogP contribution in [0.4, 0.5) is 0 Å². The summed E-state index contributed by atoms with van der Waals surface area (Å²) in [7, 11) is 1.65. The number of hydrogen-bond acceptors (Lipinski definition) is 4. The van der Waals surface area contributed by atoms with E-state index in [0.717, 1.165) is 11.3 Å². The molecule has 0 aliphatic carbocycles. The second-order valence-electron chi connectivity index (χ2n) is 3.49. The molecule has 0 atom stereocenters. The zero-order valence-electron chi connectivity index (χ0n) is 10.6. The summed E-state index contributed by atoms with van der Waals surface area (Å²) in [6.45, 7) is 2.60. The van der Waals surface area contributed by atoms with E-state index in [1.165, 1.54) is 0 Å². The third kappa shape index (κ3) is 6.26. The lowest BCUT2D eigenvalue weighted by Gasteiger charge is -2.07. The van der Waals surface area contributed by atoms with Crippen molar-refractivity contribution in [1.29, 1.82) is 0 Å². The van der Waals surface area contributed by atoms with Crippen molar-refractivity contribution in [3.05, 3.63) is 29.8 Å². The van der Waals surface area contributed by atoms with Gasteiger partial charge in [0.05, 0.1) is 26.4 Å². The Morgan fingerprint density at radius 3 is 2.78 bits per heavy atom. The van der Waals surface area contributed by atoms with Crippen molar-refractivity contribution >= 4 is 0 Å². The molecule has 98 valence electrons. The smallest absolute Gasteiger partial charge is 0.120 e. The normalized spacial score (nSPS) is 9.67. The van der Waals surface area contributed by atoms with Crippen LogP contribution in [-0.2, 0) is 9.47 Å². The van der Waals surface area contributed by atoms with Crippen molar-refractivity contribution in [2.45, 2.75) is 0 Å². The van der Waals surface area contributed by atoms with Crippen LogP contribution in [-0.4, -0.2) is 40.1 Å². The lowest BCUT2D eigenvalue weighted by atomic mass is 10.2. The summed E-state index contributed by atoms with van der Waals surface area (Å²) in [4.78, 5) is 0. The predicted molar refractivity (Wildman–Crippen MR) is 70.6 cm³/mol. The largest absolute Gasteiger partial charge is 0.491 e. The van der Waals surface area contributed by atoms with Gasteiger partial charge in [-0.3, -0.25) is 0 Å². The van der Waals surface area contributed by atoms with Crippen molar-refractivity contribution in [3.8, 4) is 17.6 Å². The first-order valence-corrected chi connectivity index (χ1v) is 5.85. The molecule has 1 aromatic rings.